The Bertz CT molecular complexity index is 528. The van der Waals surface area contributed by atoms with E-state index in [-0.39, 0.29) is 5.91 Å². The lowest BCUT2D eigenvalue weighted by atomic mass is 10.3. The van der Waals surface area contributed by atoms with Crippen molar-refractivity contribution in [2.24, 2.45) is 0 Å². The van der Waals surface area contributed by atoms with Gasteiger partial charge in [0.05, 0.1) is 23.0 Å². The molecule has 0 saturated heterocycles. The molecule has 0 atom stereocenters. The number of aromatic nitrogens is 2. The Kier molecular flexibility index (Phi) is 4.97. The highest BCUT2D eigenvalue weighted by Gasteiger charge is 2.04. The van der Waals surface area contributed by atoms with Gasteiger partial charge in [-0.2, -0.15) is 5.10 Å². The van der Waals surface area contributed by atoms with E-state index in [4.69, 9.17) is 4.74 Å². The maximum atomic E-state index is 11.6. The van der Waals surface area contributed by atoms with Crippen molar-refractivity contribution >= 4 is 27.5 Å². The largest absolute Gasteiger partial charge is 0.492 e. The van der Waals surface area contributed by atoms with Crippen LogP contribution in [0.25, 0.3) is 0 Å². The molecule has 6 heteroatoms. The minimum Gasteiger partial charge on any atom is -0.492 e. The zero-order valence-corrected chi connectivity index (χ0v) is 11.8. The maximum Gasteiger partial charge on any atom is 0.224 e. The molecule has 19 heavy (non-hydrogen) atoms. The standard InChI is InChI=1S/C13H14BrN3O2/c14-11-4-1-2-5-12(11)19-7-3-6-13(18)17-10-8-15-16-9-10/h1-2,4-5,8-9H,3,6-7H2,(H,15,16)(H,17,18). The van der Waals surface area contributed by atoms with Crippen LogP contribution in [0.1, 0.15) is 12.8 Å². The Morgan fingerprint density at radius 3 is 3.00 bits per heavy atom. The molecule has 0 spiro atoms. The van der Waals surface area contributed by atoms with Gasteiger partial charge >= 0.3 is 0 Å². The number of nitrogens with one attached hydrogen (secondary N) is 2. The lowest BCUT2D eigenvalue weighted by Gasteiger charge is -2.07. The first-order chi connectivity index (χ1) is 9.25. The van der Waals surface area contributed by atoms with Gasteiger partial charge in [0.15, 0.2) is 0 Å². The fourth-order valence-corrected chi connectivity index (χ4v) is 1.92. The average molecular weight is 324 g/mol. The van der Waals surface area contributed by atoms with E-state index in [0.29, 0.717) is 25.1 Å². The van der Waals surface area contributed by atoms with Crippen molar-refractivity contribution in [2.75, 3.05) is 11.9 Å². The molecule has 2 aromatic rings. The third kappa shape index (κ3) is 4.40. The van der Waals surface area contributed by atoms with E-state index in [1.165, 1.54) is 0 Å². The van der Waals surface area contributed by atoms with Crippen LogP contribution in [0, 0.1) is 0 Å². The molecule has 2 N–H and O–H groups in total. The maximum absolute atomic E-state index is 11.6. The molecule has 1 amide bonds. The van der Waals surface area contributed by atoms with E-state index < -0.39 is 0 Å². The van der Waals surface area contributed by atoms with Crippen molar-refractivity contribution in [2.45, 2.75) is 12.8 Å². The Morgan fingerprint density at radius 1 is 1.42 bits per heavy atom. The number of halogens is 1. The summed E-state index contributed by atoms with van der Waals surface area (Å²) in [5.74, 6) is 0.745. The third-order valence-electron chi connectivity index (χ3n) is 2.42. The summed E-state index contributed by atoms with van der Waals surface area (Å²) in [4.78, 5) is 11.6. The second-order valence-electron chi connectivity index (χ2n) is 3.92. The second-order valence-corrected chi connectivity index (χ2v) is 4.77. The minimum absolute atomic E-state index is 0.0443. The summed E-state index contributed by atoms with van der Waals surface area (Å²) in [5.41, 5.74) is 0.678. The van der Waals surface area contributed by atoms with Crippen molar-refractivity contribution in [3.8, 4) is 5.75 Å². The van der Waals surface area contributed by atoms with Crippen LogP contribution in [0.3, 0.4) is 0 Å². The monoisotopic (exact) mass is 323 g/mol. The molecule has 0 radical (unpaired) electrons. The third-order valence-corrected chi connectivity index (χ3v) is 3.08. The van der Waals surface area contributed by atoms with Gasteiger partial charge in [-0.05, 0) is 34.5 Å². The van der Waals surface area contributed by atoms with Gasteiger partial charge in [0.1, 0.15) is 5.75 Å². The summed E-state index contributed by atoms with van der Waals surface area (Å²) in [6, 6.07) is 7.64. The molecule has 0 unspecified atom stereocenters. The highest BCUT2D eigenvalue weighted by Crippen LogP contribution is 2.23. The van der Waals surface area contributed by atoms with Crippen LogP contribution in [0.15, 0.2) is 41.1 Å². The molecular formula is C13H14BrN3O2. The number of anilines is 1. The molecule has 0 aliphatic carbocycles. The number of carbonyl (C=O) groups excluding carboxylic acids is 1. The molecule has 0 aliphatic rings. The summed E-state index contributed by atoms with van der Waals surface area (Å²) >= 11 is 3.40. The molecule has 100 valence electrons. The average Bonchev–Trinajstić information content (AvgIpc) is 2.89. The highest BCUT2D eigenvalue weighted by atomic mass is 79.9. The molecule has 5 nitrogen and oxygen atoms in total. The fraction of sp³-hybridized carbons (Fsp3) is 0.231. The van der Waals surface area contributed by atoms with Gasteiger partial charge in [0, 0.05) is 12.6 Å². The van der Waals surface area contributed by atoms with Crippen LogP contribution >= 0.6 is 15.9 Å². The van der Waals surface area contributed by atoms with Gasteiger partial charge in [0.2, 0.25) is 5.91 Å². The predicted octanol–water partition coefficient (Wildman–Crippen LogP) is 2.97. The van der Waals surface area contributed by atoms with E-state index in [0.717, 1.165) is 10.2 Å². The number of benzene rings is 1. The zero-order chi connectivity index (χ0) is 13.5. The Labute approximate surface area is 119 Å². The number of amides is 1. The number of aromatic amines is 1. The fourth-order valence-electron chi connectivity index (χ4n) is 1.52. The molecule has 1 aromatic carbocycles. The van der Waals surface area contributed by atoms with Crippen molar-refractivity contribution in [1.82, 2.24) is 10.2 Å². The van der Waals surface area contributed by atoms with Crippen LogP contribution in [0.5, 0.6) is 5.75 Å². The summed E-state index contributed by atoms with van der Waals surface area (Å²) in [6.45, 7) is 0.501. The number of nitrogens with zero attached hydrogens (tertiary/aromatic N) is 1. The summed E-state index contributed by atoms with van der Waals surface area (Å²) in [6.07, 6.45) is 4.27. The van der Waals surface area contributed by atoms with Crippen LogP contribution in [-0.4, -0.2) is 22.7 Å². The first-order valence-electron chi connectivity index (χ1n) is 5.91. The first kappa shape index (κ1) is 13.6. The van der Waals surface area contributed by atoms with Crippen molar-refractivity contribution in [3.63, 3.8) is 0 Å². The molecule has 1 aromatic heterocycles. The van der Waals surface area contributed by atoms with Gasteiger partial charge < -0.3 is 10.1 Å². The molecule has 0 saturated carbocycles. The number of para-hydroxylation sites is 1. The van der Waals surface area contributed by atoms with Crippen LogP contribution < -0.4 is 10.1 Å². The van der Waals surface area contributed by atoms with Crippen LogP contribution in [-0.2, 0) is 4.79 Å². The lowest BCUT2D eigenvalue weighted by Crippen LogP contribution is -2.12. The lowest BCUT2D eigenvalue weighted by molar-refractivity contribution is -0.116. The molecule has 1 heterocycles. The summed E-state index contributed by atoms with van der Waals surface area (Å²) in [7, 11) is 0. The van der Waals surface area contributed by atoms with E-state index in [1.807, 2.05) is 24.3 Å². The van der Waals surface area contributed by atoms with Crippen molar-refractivity contribution in [1.29, 1.82) is 0 Å². The Hall–Kier alpha value is -1.82. The van der Waals surface area contributed by atoms with E-state index >= 15 is 0 Å². The molecular weight excluding hydrogens is 310 g/mol. The van der Waals surface area contributed by atoms with Gasteiger partial charge in [-0.3, -0.25) is 9.89 Å². The number of hydrogen-bond acceptors (Lipinski definition) is 3. The van der Waals surface area contributed by atoms with Gasteiger partial charge in [-0.15, -0.1) is 0 Å². The second kappa shape index (κ2) is 6.94. The van der Waals surface area contributed by atoms with E-state index in [1.54, 1.807) is 12.4 Å². The minimum atomic E-state index is -0.0443. The van der Waals surface area contributed by atoms with Gasteiger partial charge in [-0.25, -0.2) is 0 Å². The highest BCUT2D eigenvalue weighted by molar-refractivity contribution is 9.10. The number of carbonyl (C=O) groups is 1. The number of ether oxygens (including phenoxy) is 1. The summed E-state index contributed by atoms with van der Waals surface area (Å²) in [5, 5.41) is 9.12. The molecule has 0 bridgehead atoms. The topological polar surface area (TPSA) is 67.0 Å². The Balaban J connectivity index is 1.67. The zero-order valence-electron chi connectivity index (χ0n) is 10.2. The Morgan fingerprint density at radius 2 is 2.26 bits per heavy atom. The number of rotatable bonds is 6. The van der Waals surface area contributed by atoms with Crippen molar-refractivity contribution in [3.05, 3.63) is 41.1 Å². The van der Waals surface area contributed by atoms with E-state index in [2.05, 4.69) is 31.4 Å². The predicted molar refractivity (Wildman–Crippen MR) is 76.1 cm³/mol. The first-order valence-corrected chi connectivity index (χ1v) is 6.71. The quantitative estimate of drug-likeness (QED) is 0.803. The van der Waals surface area contributed by atoms with Crippen LogP contribution in [0.2, 0.25) is 0 Å². The molecule has 0 fully saturated rings. The molecule has 2 rings (SSSR count). The van der Waals surface area contributed by atoms with Gasteiger partial charge in [0.25, 0.3) is 0 Å². The van der Waals surface area contributed by atoms with E-state index in [9.17, 15) is 4.79 Å². The normalized spacial score (nSPS) is 10.2. The number of hydrogen-bond donors (Lipinski definition) is 2. The smallest absolute Gasteiger partial charge is 0.224 e. The van der Waals surface area contributed by atoms with Crippen molar-refractivity contribution < 1.29 is 9.53 Å². The van der Waals surface area contributed by atoms with Crippen LogP contribution in [0.4, 0.5) is 5.69 Å². The number of H-pyrrole nitrogens is 1. The van der Waals surface area contributed by atoms with Gasteiger partial charge in [-0.1, -0.05) is 12.1 Å². The SMILES string of the molecule is O=C(CCCOc1ccccc1Br)Nc1cn[nH]c1. The molecule has 0 aliphatic heterocycles. The summed E-state index contributed by atoms with van der Waals surface area (Å²) < 4.78 is 6.49.